The summed E-state index contributed by atoms with van der Waals surface area (Å²) in [5.74, 6) is 0.233. The van der Waals surface area contributed by atoms with E-state index in [4.69, 9.17) is 19.6 Å². The highest BCUT2D eigenvalue weighted by Gasteiger charge is 2.30. The van der Waals surface area contributed by atoms with Gasteiger partial charge in [0.1, 0.15) is 22.9 Å². The number of carbonyl (C=O) groups is 1. The third kappa shape index (κ3) is 8.53. The van der Waals surface area contributed by atoms with Gasteiger partial charge >= 0.3 is 6.18 Å². The zero-order valence-corrected chi connectivity index (χ0v) is 23.8. The predicted molar refractivity (Wildman–Crippen MR) is 147 cm³/mol. The molecular weight excluding hydrogens is 577 g/mol. The molecule has 1 aromatic heterocycles. The van der Waals surface area contributed by atoms with E-state index in [0.717, 1.165) is 31.5 Å². The van der Waals surface area contributed by atoms with Crippen LogP contribution in [0, 0.1) is 0 Å². The average molecular weight is 611 g/mol. The second-order valence-electron chi connectivity index (χ2n) is 9.94. The Morgan fingerprint density at radius 2 is 1.88 bits per heavy atom. The molecule has 3 N–H and O–H groups in total. The Bertz CT molecular complexity index is 1460. The maximum atomic E-state index is 12.7. The van der Waals surface area contributed by atoms with Gasteiger partial charge in [0.25, 0.3) is 0 Å². The van der Waals surface area contributed by atoms with E-state index < -0.39 is 35.3 Å². The minimum Gasteiger partial charge on any atom is -0.495 e. The van der Waals surface area contributed by atoms with Crippen molar-refractivity contribution in [1.82, 2.24) is 14.6 Å². The molecule has 14 heteroatoms. The number of oxazole rings is 1. The number of alkyl halides is 3. The van der Waals surface area contributed by atoms with E-state index in [1.54, 1.807) is 12.1 Å². The molecule has 0 atom stereocenters. The van der Waals surface area contributed by atoms with E-state index in [1.165, 1.54) is 13.2 Å². The van der Waals surface area contributed by atoms with Gasteiger partial charge in [-0.15, -0.1) is 0 Å². The number of amides is 1. The minimum absolute atomic E-state index is 0.00543. The molecule has 42 heavy (non-hydrogen) atoms. The monoisotopic (exact) mass is 610 g/mol. The molecular formula is C28H33F3N4O6S. The number of halogens is 3. The van der Waals surface area contributed by atoms with Gasteiger partial charge < -0.3 is 24.5 Å². The molecule has 1 aliphatic heterocycles. The molecule has 10 nitrogen and oxygen atoms in total. The van der Waals surface area contributed by atoms with E-state index in [-0.39, 0.29) is 23.2 Å². The van der Waals surface area contributed by atoms with Gasteiger partial charge in [-0.1, -0.05) is 36.4 Å². The highest BCUT2D eigenvalue weighted by molar-refractivity contribution is 7.89. The van der Waals surface area contributed by atoms with Crippen molar-refractivity contribution in [3.63, 3.8) is 0 Å². The molecule has 0 spiro atoms. The molecule has 0 saturated carbocycles. The molecule has 0 aliphatic carbocycles. The lowest BCUT2D eigenvalue weighted by molar-refractivity contribution is -0.176. The van der Waals surface area contributed by atoms with E-state index in [1.807, 2.05) is 30.3 Å². The van der Waals surface area contributed by atoms with Crippen molar-refractivity contribution in [3.8, 4) is 17.1 Å². The summed E-state index contributed by atoms with van der Waals surface area (Å²) in [5, 5.41) is 0. The van der Waals surface area contributed by atoms with E-state index in [9.17, 15) is 26.4 Å². The molecule has 4 rings (SSSR count). The van der Waals surface area contributed by atoms with Crippen molar-refractivity contribution in [2.75, 3.05) is 39.9 Å². The number of nitrogens with zero attached hydrogens (tertiary/aromatic N) is 2. The largest absolute Gasteiger partial charge is 0.495 e. The van der Waals surface area contributed by atoms with Gasteiger partial charge in [-0.2, -0.15) is 13.2 Å². The molecule has 0 radical (unpaired) electrons. The van der Waals surface area contributed by atoms with Gasteiger partial charge in [0.05, 0.1) is 20.3 Å². The summed E-state index contributed by atoms with van der Waals surface area (Å²) < 4.78 is 81.6. The third-order valence-corrected chi connectivity index (χ3v) is 8.28. The SMILES string of the molecule is COc1ccc(CCN2CCC(c3nc(COCC(F)(F)F)c(-c4ccccc4)o3)CC2)cc1S(=O)(=O)NCC(N)=O. The molecule has 0 bridgehead atoms. The van der Waals surface area contributed by atoms with Crippen LogP contribution in [-0.4, -0.2) is 70.3 Å². The molecule has 1 fully saturated rings. The zero-order valence-electron chi connectivity index (χ0n) is 23.0. The summed E-state index contributed by atoms with van der Waals surface area (Å²) >= 11 is 0. The van der Waals surface area contributed by atoms with E-state index in [0.29, 0.717) is 35.9 Å². The van der Waals surface area contributed by atoms with Crippen LogP contribution in [0.3, 0.4) is 0 Å². The molecule has 1 aliphatic rings. The van der Waals surface area contributed by atoms with Gasteiger partial charge in [-0.05, 0) is 50.0 Å². The van der Waals surface area contributed by atoms with Gasteiger partial charge in [-0.25, -0.2) is 18.1 Å². The second kappa shape index (κ2) is 13.7. The number of methoxy groups -OCH3 is 1. The number of hydrogen-bond acceptors (Lipinski definition) is 8. The van der Waals surface area contributed by atoms with Crippen LogP contribution in [0.5, 0.6) is 5.75 Å². The van der Waals surface area contributed by atoms with Crippen LogP contribution in [-0.2, 0) is 32.6 Å². The number of rotatable bonds is 13. The Morgan fingerprint density at radius 1 is 1.17 bits per heavy atom. The quantitative estimate of drug-likeness (QED) is 0.300. The Kier molecular flexibility index (Phi) is 10.2. The number of aromatic nitrogens is 1. The van der Waals surface area contributed by atoms with Gasteiger partial charge in [0.15, 0.2) is 11.7 Å². The van der Waals surface area contributed by atoms with Crippen molar-refractivity contribution >= 4 is 15.9 Å². The van der Waals surface area contributed by atoms with Crippen molar-refractivity contribution in [2.45, 2.75) is 42.9 Å². The first-order chi connectivity index (χ1) is 19.9. The molecule has 1 saturated heterocycles. The fourth-order valence-electron chi connectivity index (χ4n) is 4.74. The van der Waals surface area contributed by atoms with Crippen LogP contribution in [0.4, 0.5) is 13.2 Å². The normalized spacial score (nSPS) is 15.1. The lowest BCUT2D eigenvalue weighted by Crippen LogP contribution is -2.34. The summed E-state index contributed by atoms with van der Waals surface area (Å²) in [6.45, 7) is -0.0735. The number of likely N-dealkylation sites (tertiary alicyclic amines) is 1. The second-order valence-corrected chi connectivity index (χ2v) is 11.7. The number of carbonyl (C=O) groups excluding carboxylic acids is 1. The lowest BCUT2D eigenvalue weighted by atomic mass is 9.96. The lowest BCUT2D eigenvalue weighted by Gasteiger charge is -2.30. The maximum Gasteiger partial charge on any atom is 0.411 e. The van der Waals surface area contributed by atoms with Crippen LogP contribution < -0.4 is 15.2 Å². The van der Waals surface area contributed by atoms with Crippen molar-refractivity contribution in [1.29, 1.82) is 0 Å². The van der Waals surface area contributed by atoms with Crippen LogP contribution in [0.2, 0.25) is 0 Å². The number of hydrogen-bond donors (Lipinski definition) is 2. The Balaban J connectivity index is 1.38. The van der Waals surface area contributed by atoms with Gasteiger partial charge in [0, 0.05) is 18.0 Å². The molecule has 2 aromatic carbocycles. The van der Waals surface area contributed by atoms with E-state index >= 15 is 0 Å². The average Bonchev–Trinajstić information content (AvgIpc) is 3.39. The summed E-state index contributed by atoms with van der Waals surface area (Å²) in [5.41, 5.74) is 6.89. The summed E-state index contributed by atoms with van der Waals surface area (Å²) in [7, 11) is -2.65. The molecule has 0 unspecified atom stereocenters. The van der Waals surface area contributed by atoms with Crippen LogP contribution in [0.25, 0.3) is 11.3 Å². The number of benzene rings is 2. The van der Waals surface area contributed by atoms with Crippen molar-refractivity contribution in [3.05, 3.63) is 65.7 Å². The first kappa shape index (κ1) is 31.5. The fourth-order valence-corrected chi connectivity index (χ4v) is 5.95. The Hall–Kier alpha value is -3.46. The van der Waals surface area contributed by atoms with Gasteiger partial charge in [0.2, 0.25) is 15.9 Å². The summed E-state index contributed by atoms with van der Waals surface area (Å²) in [4.78, 5) is 17.8. The van der Waals surface area contributed by atoms with Crippen molar-refractivity contribution < 1.29 is 40.3 Å². The number of piperidine rings is 1. The van der Waals surface area contributed by atoms with Crippen LogP contribution >= 0.6 is 0 Å². The van der Waals surface area contributed by atoms with Crippen LogP contribution in [0.15, 0.2) is 57.8 Å². The number of nitrogens with one attached hydrogen (secondary N) is 1. The van der Waals surface area contributed by atoms with Crippen LogP contribution in [0.1, 0.15) is 35.9 Å². The smallest absolute Gasteiger partial charge is 0.411 e. The number of nitrogens with two attached hydrogens (primary N) is 1. The number of ether oxygens (including phenoxy) is 2. The first-order valence-electron chi connectivity index (χ1n) is 13.3. The van der Waals surface area contributed by atoms with Gasteiger partial charge in [-0.3, -0.25) is 4.79 Å². The van der Waals surface area contributed by atoms with E-state index in [2.05, 4.69) is 14.6 Å². The Morgan fingerprint density at radius 3 is 2.52 bits per heavy atom. The molecule has 2 heterocycles. The molecule has 228 valence electrons. The molecule has 1 amide bonds. The zero-order chi connectivity index (χ0) is 30.3. The topological polar surface area (TPSA) is 137 Å². The number of primary amides is 1. The molecule has 3 aromatic rings. The first-order valence-corrected chi connectivity index (χ1v) is 14.8. The summed E-state index contributed by atoms with van der Waals surface area (Å²) in [6, 6.07) is 14.0. The fraction of sp³-hybridized carbons (Fsp3) is 0.429. The van der Waals surface area contributed by atoms with Crippen molar-refractivity contribution in [2.24, 2.45) is 5.73 Å². The summed E-state index contributed by atoms with van der Waals surface area (Å²) in [6.07, 6.45) is -2.39. The predicted octanol–water partition coefficient (Wildman–Crippen LogP) is 3.61. The third-order valence-electron chi connectivity index (χ3n) is 6.86. The minimum atomic E-state index is -4.43. The maximum absolute atomic E-state index is 12.7. The highest BCUT2D eigenvalue weighted by atomic mass is 32.2. The highest BCUT2D eigenvalue weighted by Crippen LogP contribution is 2.34. The standard InChI is InChI=1S/C28H33F3N4O6S/c1-39-23-8-7-19(15-24(23)42(37,38)33-16-25(32)36)9-12-35-13-10-21(11-14-35)27-34-22(17-40-18-28(29,30)31)26(41-27)20-5-3-2-4-6-20/h2-8,15,21,33H,9-14,16-18H2,1H3,(H2,32,36). The number of sulfonamides is 1. The Labute approximate surface area is 242 Å².